The first-order valence-electron chi connectivity index (χ1n) is 5.03. The minimum Gasteiger partial charge on any atom is -0.494 e. The summed E-state index contributed by atoms with van der Waals surface area (Å²) in [6.45, 7) is 0.255. The van der Waals surface area contributed by atoms with Crippen molar-refractivity contribution in [2.45, 2.75) is 0 Å². The lowest BCUT2D eigenvalue weighted by Crippen LogP contribution is -2.19. The van der Waals surface area contributed by atoms with Gasteiger partial charge < -0.3 is 19.5 Å². The SMILES string of the molecule is CNCC(=O)c1c(OC)c(Cl)cc2c1OCO2. The van der Waals surface area contributed by atoms with Crippen LogP contribution in [0.3, 0.4) is 0 Å². The molecule has 17 heavy (non-hydrogen) atoms. The van der Waals surface area contributed by atoms with Gasteiger partial charge in [-0.2, -0.15) is 0 Å². The fraction of sp³-hybridized carbons (Fsp3) is 0.364. The molecule has 0 spiro atoms. The summed E-state index contributed by atoms with van der Waals surface area (Å²) in [5, 5.41) is 3.11. The van der Waals surface area contributed by atoms with Crippen LogP contribution in [0.5, 0.6) is 17.2 Å². The van der Waals surface area contributed by atoms with Crippen molar-refractivity contribution in [3.8, 4) is 17.2 Å². The number of ketones is 1. The van der Waals surface area contributed by atoms with Gasteiger partial charge in [0.25, 0.3) is 0 Å². The van der Waals surface area contributed by atoms with Gasteiger partial charge in [0.2, 0.25) is 6.79 Å². The number of hydrogen-bond acceptors (Lipinski definition) is 5. The van der Waals surface area contributed by atoms with E-state index in [1.165, 1.54) is 7.11 Å². The molecule has 5 nitrogen and oxygen atoms in total. The van der Waals surface area contributed by atoms with Gasteiger partial charge in [0.1, 0.15) is 5.56 Å². The summed E-state index contributed by atoms with van der Waals surface area (Å²) in [5.41, 5.74) is 0.321. The molecule has 1 heterocycles. The Labute approximate surface area is 104 Å². The molecule has 0 aromatic heterocycles. The minimum absolute atomic E-state index is 0.0820. The molecule has 0 aliphatic carbocycles. The summed E-state index contributed by atoms with van der Waals surface area (Å²) in [5.74, 6) is 1.02. The quantitative estimate of drug-likeness (QED) is 0.828. The van der Waals surface area contributed by atoms with Gasteiger partial charge in [0.15, 0.2) is 23.0 Å². The second-order valence-corrected chi connectivity index (χ2v) is 3.86. The van der Waals surface area contributed by atoms with Crippen LogP contribution in [-0.2, 0) is 0 Å². The number of rotatable bonds is 4. The lowest BCUT2D eigenvalue weighted by atomic mass is 10.1. The molecule has 1 aliphatic heterocycles. The van der Waals surface area contributed by atoms with Crippen molar-refractivity contribution in [2.75, 3.05) is 27.5 Å². The number of carbonyl (C=O) groups excluding carboxylic acids is 1. The highest BCUT2D eigenvalue weighted by molar-refractivity contribution is 6.33. The fourth-order valence-corrected chi connectivity index (χ4v) is 1.97. The third-order valence-corrected chi connectivity index (χ3v) is 2.67. The number of likely N-dealkylation sites (N-methyl/N-ethyl adjacent to an activating group) is 1. The van der Waals surface area contributed by atoms with E-state index < -0.39 is 0 Å². The van der Waals surface area contributed by atoms with Gasteiger partial charge in [0.05, 0.1) is 18.7 Å². The topological polar surface area (TPSA) is 56.8 Å². The third-order valence-electron chi connectivity index (χ3n) is 2.39. The number of ether oxygens (including phenoxy) is 3. The van der Waals surface area contributed by atoms with Gasteiger partial charge in [0, 0.05) is 6.07 Å². The monoisotopic (exact) mass is 257 g/mol. The Hall–Kier alpha value is -1.46. The number of methoxy groups -OCH3 is 1. The predicted octanol–water partition coefficient (Wildman–Crippen LogP) is 1.48. The lowest BCUT2D eigenvalue weighted by Gasteiger charge is -2.12. The van der Waals surface area contributed by atoms with Crippen molar-refractivity contribution in [1.82, 2.24) is 5.32 Å². The molecular weight excluding hydrogens is 246 g/mol. The predicted molar refractivity (Wildman–Crippen MR) is 62.4 cm³/mol. The van der Waals surface area contributed by atoms with Gasteiger partial charge in [-0.05, 0) is 7.05 Å². The summed E-state index contributed by atoms with van der Waals surface area (Å²) in [4.78, 5) is 12.0. The first-order valence-corrected chi connectivity index (χ1v) is 5.40. The molecule has 1 aromatic carbocycles. The van der Waals surface area contributed by atoms with E-state index in [1.807, 2.05) is 0 Å². The fourth-order valence-electron chi connectivity index (χ4n) is 1.70. The Morgan fingerprint density at radius 2 is 2.35 bits per heavy atom. The van der Waals surface area contributed by atoms with Crippen molar-refractivity contribution >= 4 is 17.4 Å². The number of hydrogen-bond donors (Lipinski definition) is 1. The Morgan fingerprint density at radius 1 is 1.59 bits per heavy atom. The Kier molecular flexibility index (Phi) is 3.40. The van der Waals surface area contributed by atoms with Crippen molar-refractivity contribution in [3.63, 3.8) is 0 Å². The summed E-state index contributed by atoms with van der Waals surface area (Å²) in [7, 11) is 3.14. The van der Waals surface area contributed by atoms with Crippen LogP contribution >= 0.6 is 11.6 Å². The van der Waals surface area contributed by atoms with E-state index in [0.717, 1.165) is 0 Å². The van der Waals surface area contributed by atoms with Crippen LogP contribution < -0.4 is 19.5 Å². The van der Waals surface area contributed by atoms with Crippen LogP contribution in [0.1, 0.15) is 10.4 Å². The molecule has 0 bridgehead atoms. The van der Waals surface area contributed by atoms with E-state index >= 15 is 0 Å². The molecule has 0 radical (unpaired) electrons. The molecule has 2 rings (SSSR count). The van der Waals surface area contributed by atoms with Crippen molar-refractivity contribution in [1.29, 1.82) is 0 Å². The molecule has 0 amide bonds. The molecule has 1 aromatic rings. The molecule has 92 valence electrons. The van der Waals surface area contributed by atoms with E-state index in [9.17, 15) is 4.79 Å². The van der Waals surface area contributed by atoms with E-state index in [0.29, 0.717) is 27.8 Å². The van der Waals surface area contributed by atoms with Gasteiger partial charge in [-0.3, -0.25) is 4.79 Å². The lowest BCUT2D eigenvalue weighted by molar-refractivity contribution is 0.0986. The number of halogens is 1. The van der Waals surface area contributed by atoms with Crippen LogP contribution in [-0.4, -0.2) is 33.3 Å². The summed E-state index contributed by atoms with van der Waals surface area (Å²) < 4.78 is 15.7. The standard InChI is InChI=1S/C11H12ClNO4/c1-13-4-7(14)9-10(15-2)6(12)3-8-11(9)17-5-16-8/h3,13H,4-5H2,1-2H3. The maximum absolute atomic E-state index is 12.0. The van der Waals surface area contributed by atoms with Gasteiger partial charge in [-0.25, -0.2) is 0 Å². The van der Waals surface area contributed by atoms with Crippen LogP contribution in [0.2, 0.25) is 5.02 Å². The molecule has 6 heteroatoms. The Morgan fingerprint density at radius 3 is 3.00 bits per heavy atom. The number of carbonyl (C=O) groups is 1. The molecule has 0 atom stereocenters. The Balaban J connectivity index is 2.57. The van der Waals surface area contributed by atoms with Crippen LogP contribution in [0.4, 0.5) is 0 Å². The average Bonchev–Trinajstić information content (AvgIpc) is 2.74. The zero-order chi connectivity index (χ0) is 12.4. The number of benzene rings is 1. The van der Waals surface area contributed by atoms with E-state index in [1.54, 1.807) is 13.1 Å². The molecule has 1 aliphatic rings. The van der Waals surface area contributed by atoms with E-state index in [2.05, 4.69) is 5.32 Å². The maximum Gasteiger partial charge on any atom is 0.231 e. The van der Waals surface area contributed by atoms with Gasteiger partial charge in [-0.1, -0.05) is 11.6 Å². The number of fused-ring (bicyclic) bond motifs is 1. The maximum atomic E-state index is 12.0. The van der Waals surface area contributed by atoms with Gasteiger partial charge >= 0.3 is 0 Å². The molecule has 1 N–H and O–H groups in total. The molecule has 0 unspecified atom stereocenters. The highest BCUT2D eigenvalue weighted by Crippen LogP contribution is 2.45. The first-order chi connectivity index (χ1) is 8.19. The van der Waals surface area contributed by atoms with Crippen LogP contribution in [0.15, 0.2) is 6.07 Å². The summed E-state index contributed by atoms with van der Waals surface area (Å²) in [6.07, 6.45) is 0. The van der Waals surface area contributed by atoms with Crippen LogP contribution in [0, 0.1) is 0 Å². The third kappa shape index (κ3) is 2.03. The summed E-state index contributed by atoms with van der Waals surface area (Å²) >= 11 is 6.02. The average molecular weight is 258 g/mol. The Bertz CT molecular complexity index is 458. The number of Topliss-reactive ketones (excluding diaryl/α,β-unsaturated/α-hetero) is 1. The minimum atomic E-state index is -0.159. The van der Waals surface area contributed by atoms with Crippen molar-refractivity contribution < 1.29 is 19.0 Å². The zero-order valence-corrected chi connectivity index (χ0v) is 10.3. The van der Waals surface area contributed by atoms with Crippen molar-refractivity contribution in [2.24, 2.45) is 0 Å². The van der Waals surface area contributed by atoms with Crippen molar-refractivity contribution in [3.05, 3.63) is 16.7 Å². The van der Waals surface area contributed by atoms with E-state index in [-0.39, 0.29) is 19.1 Å². The highest BCUT2D eigenvalue weighted by atomic mass is 35.5. The molecule has 0 saturated carbocycles. The second kappa shape index (κ2) is 4.81. The zero-order valence-electron chi connectivity index (χ0n) is 9.50. The highest BCUT2D eigenvalue weighted by Gasteiger charge is 2.28. The van der Waals surface area contributed by atoms with Crippen LogP contribution in [0.25, 0.3) is 0 Å². The smallest absolute Gasteiger partial charge is 0.231 e. The molecule has 0 fully saturated rings. The number of nitrogens with one attached hydrogen (secondary N) is 1. The normalized spacial score (nSPS) is 12.6. The second-order valence-electron chi connectivity index (χ2n) is 3.45. The summed E-state index contributed by atoms with van der Waals surface area (Å²) in [6, 6.07) is 1.58. The molecular formula is C11H12ClNO4. The van der Waals surface area contributed by atoms with Gasteiger partial charge in [-0.15, -0.1) is 0 Å². The largest absolute Gasteiger partial charge is 0.494 e. The molecule has 0 saturated heterocycles. The van der Waals surface area contributed by atoms with E-state index in [4.69, 9.17) is 25.8 Å². The first kappa shape index (κ1) is 12.0.